The van der Waals surface area contributed by atoms with Gasteiger partial charge in [-0.05, 0) is 25.4 Å². The summed E-state index contributed by atoms with van der Waals surface area (Å²) >= 11 is 0. The van der Waals surface area contributed by atoms with E-state index in [1.54, 1.807) is 4.90 Å². The lowest BCUT2D eigenvalue weighted by atomic mass is 9.94. The van der Waals surface area contributed by atoms with Crippen LogP contribution in [-0.2, 0) is 9.59 Å². The van der Waals surface area contributed by atoms with Gasteiger partial charge in [0.15, 0.2) is 0 Å². The van der Waals surface area contributed by atoms with E-state index >= 15 is 0 Å². The molecule has 0 saturated carbocycles. The maximum Gasteiger partial charge on any atom is 0.303 e. The largest absolute Gasteiger partial charge is 0.481 e. The van der Waals surface area contributed by atoms with Gasteiger partial charge in [0, 0.05) is 25.4 Å². The zero-order chi connectivity index (χ0) is 11.5. The van der Waals surface area contributed by atoms with Crippen LogP contribution in [0.3, 0.4) is 0 Å². The lowest BCUT2D eigenvalue weighted by Crippen LogP contribution is -2.51. The Labute approximate surface area is 94.8 Å². The number of likely N-dealkylation sites (tertiary alicyclic amines) is 1. The molecule has 90 valence electrons. The number of nitrogens with one attached hydrogen (secondary N) is 1. The highest BCUT2D eigenvalue weighted by molar-refractivity contribution is 5.77. The summed E-state index contributed by atoms with van der Waals surface area (Å²) in [6, 6.07) is 0. The monoisotopic (exact) mass is 226 g/mol. The first-order valence-electron chi connectivity index (χ1n) is 5.85. The summed E-state index contributed by atoms with van der Waals surface area (Å²) < 4.78 is 0. The van der Waals surface area contributed by atoms with E-state index in [4.69, 9.17) is 5.11 Å². The fraction of sp³-hybridized carbons (Fsp3) is 0.818. The summed E-state index contributed by atoms with van der Waals surface area (Å²) in [5, 5.41) is 11.8. The Morgan fingerprint density at radius 1 is 1.25 bits per heavy atom. The summed E-state index contributed by atoms with van der Waals surface area (Å²) in [5.41, 5.74) is 0. The lowest BCUT2D eigenvalue weighted by molar-refractivity contribution is -0.145. The van der Waals surface area contributed by atoms with Crippen LogP contribution in [0.1, 0.15) is 19.3 Å². The molecule has 0 aromatic heterocycles. The van der Waals surface area contributed by atoms with Crippen LogP contribution in [-0.4, -0.2) is 48.1 Å². The smallest absolute Gasteiger partial charge is 0.303 e. The molecule has 2 heterocycles. The fourth-order valence-corrected chi connectivity index (χ4v) is 2.41. The predicted molar refractivity (Wildman–Crippen MR) is 57.9 cm³/mol. The van der Waals surface area contributed by atoms with Crippen LogP contribution in [0.4, 0.5) is 0 Å². The fourth-order valence-electron chi connectivity index (χ4n) is 2.41. The van der Waals surface area contributed by atoms with E-state index < -0.39 is 5.97 Å². The normalized spacial score (nSPS) is 25.5. The minimum atomic E-state index is -0.767. The highest BCUT2D eigenvalue weighted by atomic mass is 16.4. The Morgan fingerprint density at radius 2 is 2.00 bits per heavy atom. The van der Waals surface area contributed by atoms with E-state index in [9.17, 15) is 9.59 Å². The first-order valence-corrected chi connectivity index (χ1v) is 5.85. The summed E-state index contributed by atoms with van der Waals surface area (Å²) in [7, 11) is 0. The quantitative estimate of drug-likeness (QED) is 0.703. The van der Waals surface area contributed by atoms with Crippen molar-refractivity contribution in [1.29, 1.82) is 0 Å². The Bertz CT molecular complexity index is 281. The summed E-state index contributed by atoms with van der Waals surface area (Å²) in [6.45, 7) is 3.22. The molecule has 2 N–H and O–H groups in total. The highest BCUT2D eigenvalue weighted by Crippen LogP contribution is 2.22. The number of carboxylic acids is 1. The molecule has 0 radical (unpaired) electrons. The zero-order valence-corrected chi connectivity index (χ0v) is 9.32. The van der Waals surface area contributed by atoms with Gasteiger partial charge in [0.1, 0.15) is 0 Å². The van der Waals surface area contributed by atoms with Crippen molar-refractivity contribution in [3.05, 3.63) is 0 Å². The number of carbonyl (C=O) groups is 2. The molecule has 2 fully saturated rings. The van der Waals surface area contributed by atoms with Gasteiger partial charge in [-0.25, -0.2) is 0 Å². The van der Waals surface area contributed by atoms with Gasteiger partial charge < -0.3 is 15.3 Å². The van der Waals surface area contributed by atoms with Gasteiger partial charge in [-0.1, -0.05) is 0 Å². The number of nitrogens with zero attached hydrogens (tertiary/aromatic N) is 1. The maximum absolute atomic E-state index is 11.8. The van der Waals surface area contributed by atoms with Crippen LogP contribution < -0.4 is 5.32 Å². The minimum Gasteiger partial charge on any atom is -0.481 e. The second-order valence-electron chi connectivity index (χ2n) is 4.83. The van der Waals surface area contributed by atoms with Gasteiger partial charge in [0.05, 0.1) is 6.42 Å². The first kappa shape index (κ1) is 11.4. The van der Waals surface area contributed by atoms with Crippen LogP contribution in [0.5, 0.6) is 0 Å². The van der Waals surface area contributed by atoms with Gasteiger partial charge in [-0.15, -0.1) is 0 Å². The number of hydrogen-bond acceptors (Lipinski definition) is 3. The van der Waals surface area contributed by atoms with E-state index in [2.05, 4.69) is 5.32 Å². The van der Waals surface area contributed by atoms with Crippen molar-refractivity contribution in [2.75, 3.05) is 26.2 Å². The standard InChI is InChI=1S/C11H18N2O3/c14-10(3-8-1-2-12-5-8)13-6-9(7-13)4-11(15)16/h8-9,12H,1-7H2,(H,15,16). The molecule has 2 rings (SSSR count). The molecule has 16 heavy (non-hydrogen) atoms. The molecule has 2 aliphatic rings. The third-order valence-corrected chi connectivity index (χ3v) is 3.40. The number of carbonyl (C=O) groups excluding carboxylic acids is 1. The van der Waals surface area contributed by atoms with E-state index in [1.165, 1.54) is 0 Å². The van der Waals surface area contributed by atoms with Gasteiger partial charge in [-0.2, -0.15) is 0 Å². The van der Waals surface area contributed by atoms with E-state index in [1.807, 2.05) is 0 Å². The second kappa shape index (κ2) is 4.82. The number of amides is 1. The molecule has 0 aromatic carbocycles. The van der Waals surface area contributed by atoms with Gasteiger partial charge >= 0.3 is 5.97 Å². The molecule has 1 atom stereocenters. The number of aliphatic carboxylic acids is 1. The van der Waals surface area contributed by atoms with Crippen LogP contribution in [0.25, 0.3) is 0 Å². The van der Waals surface area contributed by atoms with Gasteiger partial charge in [-0.3, -0.25) is 9.59 Å². The molecule has 0 aromatic rings. The Morgan fingerprint density at radius 3 is 2.56 bits per heavy atom. The van der Waals surface area contributed by atoms with Crippen molar-refractivity contribution in [2.24, 2.45) is 11.8 Å². The molecular weight excluding hydrogens is 208 g/mol. The molecule has 1 unspecified atom stereocenters. The maximum atomic E-state index is 11.8. The number of hydrogen-bond donors (Lipinski definition) is 2. The Hall–Kier alpha value is -1.10. The molecule has 0 bridgehead atoms. The SMILES string of the molecule is O=C(O)CC1CN(C(=O)CC2CCNC2)C1. The topological polar surface area (TPSA) is 69.6 Å². The second-order valence-corrected chi connectivity index (χ2v) is 4.83. The molecule has 5 heteroatoms. The molecule has 2 aliphatic heterocycles. The van der Waals surface area contributed by atoms with Crippen LogP contribution in [0.15, 0.2) is 0 Å². The van der Waals surface area contributed by atoms with Crippen molar-refractivity contribution >= 4 is 11.9 Å². The van der Waals surface area contributed by atoms with Crippen LogP contribution in [0.2, 0.25) is 0 Å². The van der Waals surface area contributed by atoms with Crippen molar-refractivity contribution < 1.29 is 14.7 Å². The predicted octanol–water partition coefficient (Wildman–Crippen LogP) is -0.0809. The zero-order valence-electron chi connectivity index (χ0n) is 9.32. The number of rotatable bonds is 4. The molecule has 2 saturated heterocycles. The summed E-state index contributed by atoms with van der Waals surface area (Å²) in [6.07, 6.45) is 1.89. The van der Waals surface area contributed by atoms with Crippen molar-refractivity contribution in [2.45, 2.75) is 19.3 Å². The molecule has 0 aliphatic carbocycles. The molecule has 5 nitrogen and oxygen atoms in total. The van der Waals surface area contributed by atoms with Crippen molar-refractivity contribution in [1.82, 2.24) is 10.2 Å². The van der Waals surface area contributed by atoms with Crippen LogP contribution in [0, 0.1) is 11.8 Å². The average molecular weight is 226 g/mol. The third kappa shape index (κ3) is 2.72. The summed E-state index contributed by atoms with van der Waals surface area (Å²) in [5.74, 6) is 0.0709. The van der Waals surface area contributed by atoms with E-state index in [0.717, 1.165) is 19.5 Å². The highest BCUT2D eigenvalue weighted by Gasteiger charge is 2.33. The Balaban J connectivity index is 1.66. The summed E-state index contributed by atoms with van der Waals surface area (Å²) in [4.78, 5) is 24.0. The minimum absolute atomic E-state index is 0.170. The Kier molecular flexibility index (Phi) is 3.43. The van der Waals surface area contributed by atoms with E-state index in [-0.39, 0.29) is 18.2 Å². The van der Waals surface area contributed by atoms with Crippen LogP contribution >= 0.6 is 0 Å². The molecule has 1 amide bonds. The molecule has 0 spiro atoms. The average Bonchev–Trinajstić information content (AvgIpc) is 2.62. The van der Waals surface area contributed by atoms with Gasteiger partial charge in [0.2, 0.25) is 5.91 Å². The van der Waals surface area contributed by atoms with Gasteiger partial charge in [0.25, 0.3) is 0 Å². The lowest BCUT2D eigenvalue weighted by Gasteiger charge is -2.39. The van der Waals surface area contributed by atoms with E-state index in [0.29, 0.717) is 25.4 Å². The number of carboxylic acid groups (broad SMARTS) is 1. The first-order chi connectivity index (χ1) is 7.65. The van der Waals surface area contributed by atoms with Crippen molar-refractivity contribution in [3.8, 4) is 0 Å². The van der Waals surface area contributed by atoms with Crippen molar-refractivity contribution in [3.63, 3.8) is 0 Å². The third-order valence-electron chi connectivity index (χ3n) is 3.40. The molecular formula is C11H18N2O3.